The fourth-order valence-electron chi connectivity index (χ4n) is 3.93. The van der Waals surface area contributed by atoms with Crippen LogP contribution in [0.3, 0.4) is 0 Å². The number of aromatic nitrogens is 2. The van der Waals surface area contributed by atoms with Crippen LogP contribution in [0.4, 0.5) is 10.1 Å². The molecule has 0 aliphatic carbocycles. The molecule has 4 rings (SSSR count). The van der Waals surface area contributed by atoms with Crippen LogP contribution in [0.5, 0.6) is 0 Å². The van der Waals surface area contributed by atoms with Gasteiger partial charge in [-0.1, -0.05) is 48.0 Å². The third kappa shape index (κ3) is 4.99. The molecule has 0 saturated carbocycles. The van der Waals surface area contributed by atoms with Crippen molar-refractivity contribution in [1.82, 2.24) is 9.55 Å². The number of aryl methyl sites for hydroxylation is 2. The zero-order chi connectivity index (χ0) is 25.1. The first kappa shape index (κ1) is 24.3. The molecular weight excluding hydrogens is 461 g/mol. The van der Waals surface area contributed by atoms with Crippen molar-refractivity contribution in [3.05, 3.63) is 102 Å². The minimum absolute atomic E-state index is 0.342. The number of anilines is 1. The molecule has 1 unspecified atom stereocenters. The number of halogens is 1. The summed E-state index contributed by atoms with van der Waals surface area (Å²) in [5, 5.41) is 1.52. The van der Waals surface area contributed by atoms with Crippen LogP contribution in [0.25, 0.3) is 22.5 Å². The van der Waals surface area contributed by atoms with Crippen molar-refractivity contribution in [3.8, 4) is 16.8 Å². The van der Waals surface area contributed by atoms with Crippen molar-refractivity contribution < 1.29 is 8.60 Å². The van der Waals surface area contributed by atoms with Gasteiger partial charge in [-0.25, -0.2) is 15.2 Å². The summed E-state index contributed by atoms with van der Waals surface area (Å²) in [4.78, 5) is 4.99. The third-order valence-electron chi connectivity index (χ3n) is 5.83. The summed E-state index contributed by atoms with van der Waals surface area (Å²) in [7, 11) is 0. The van der Waals surface area contributed by atoms with Gasteiger partial charge in [-0.2, -0.15) is 0 Å². The van der Waals surface area contributed by atoms with Gasteiger partial charge in [0.1, 0.15) is 12.0 Å². The molecule has 3 aromatic carbocycles. The fourth-order valence-corrected chi connectivity index (χ4v) is 4.24. The van der Waals surface area contributed by atoms with Crippen molar-refractivity contribution >= 4 is 23.1 Å². The lowest BCUT2D eigenvalue weighted by molar-refractivity contribution is 0.366. The minimum atomic E-state index is -1.20. The van der Waals surface area contributed by atoms with Gasteiger partial charge in [-0.15, -0.1) is 0 Å². The van der Waals surface area contributed by atoms with Crippen molar-refractivity contribution in [3.63, 3.8) is 0 Å². The lowest BCUT2D eigenvalue weighted by Gasteiger charge is -2.26. The van der Waals surface area contributed by atoms with Crippen LogP contribution < -0.4 is 16.6 Å². The van der Waals surface area contributed by atoms with Gasteiger partial charge in [0.05, 0.1) is 22.8 Å². The number of hydrogen-bond donors (Lipinski definition) is 2. The standard InChI is InChI=1S/C27H27FN5OS/c1-17-7-9-20(10-8-17)27(15-29)33(30)26-14-22(21-5-4-6-23(13-21)35-34)11-12-25(26)32-16-24(18(2)28)31-19(32)3/h4-16,18H,29-30H2,1-3H3/q+1/b27-15-. The average molecular weight is 489 g/mol. The van der Waals surface area contributed by atoms with Crippen molar-refractivity contribution in [2.45, 2.75) is 31.8 Å². The molecular formula is C27H27FN5OS+. The summed E-state index contributed by atoms with van der Waals surface area (Å²) in [6, 6.07) is 21.1. The van der Waals surface area contributed by atoms with Crippen molar-refractivity contribution in [1.29, 1.82) is 0 Å². The molecule has 0 bridgehead atoms. The molecule has 8 heteroatoms. The molecule has 1 atom stereocenters. The molecule has 4 aromatic rings. The molecule has 0 spiro atoms. The molecule has 4 N–H and O–H groups in total. The molecule has 6 nitrogen and oxygen atoms in total. The second-order valence-corrected chi connectivity index (χ2v) is 8.94. The number of nitrogens with zero attached hydrogens (tertiary/aromatic N) is 3. The van der Waals surface area contributed by atoms with E-state index in [4.69, 9.17) is 11.6 Å². The van der Waals surface area contributed by atoms with E-state index in [-0.39, 0.29) is 0 Å². The molecule has 35 heavy (non-hydrogen) atoms. The van der Waals surface area contributed by atoms with Gasteiger partial charge in [0, 0.05) is 34.3 Å². The number of benzene rings is 3. The first-order chi connectivity index (χ1) is 16.8. The highest BCUT2D eigenvalue weighted by Gasteiger charge is 2.20. The Labute approximate surface area is 208 Å². The highest BCUT2D eigenvalue weighted by molar-refractivity contribution is 7.65. The molecule has 0 saturated heterocycles. The molecule has 178 valence electrons. The zero-order valence-electron chi connectivity index (χ0n) is 19.8. The highest BCUT2D eigenvalue weighted by atomic mass is 32.1. The van der Waals surface area contributed by atoms with E-state index in [1.165, 1.54) is 18.1 Å². The lowest BCUT2D eigenvalue weighted by atomic mass is 10.0. The van der Waals surface area contributed by atoms with Crippen LogP contribution in [0.2, 0.25) is 0 Å². The smallest absolute Gasteiger partial charge is 0.403 e. The summed E-state index contributed by atoms with van der Waals surface area (Å²) >= 11 is 0.444. The maximum atomic E-state index is 14.0. The number of nitrogens with two attached hydrogens (primary N) is 2. The van der Waals surface area contributed by atoms with E-state index in [1.807, 2.05) is 79.1 Å². The highest BCUT2D eigenvalue weighted by Crippen LogP contribution is 2.35. The first-order valence-corrected chi connectivity index (χ1v) is 11.8. The number of alkyl halides is 1. The predicted molar refractivity (Wildman–Crippen MR) is 140 cm³/mol. The second kappa shape index (κ2) is 10.2. The lowest BCUT2D eigenvalue weighted by Crippen LogP contribution is -2.31. The average Bonchev–Trinajstić information content (AvgIpc) is 3.27. The third-order valence-corrected chi connectivity index (χ3v) is 6.28. The summed E-state index contributed by atoms with van der Waals surface area (Å²) < 4.78 is 27.2. The Bertz CT molecular complexity index is 1400. The van der Waals surface area contributed by atoms with Gasteiger partial charge in [-0.3, -0.25) is 5.01 Å². The summed E-state index contributed by atoms with van der Waals surface area (Å²) in [5.74, 6) is 7.33. The molecule has 0 aliphatic heterocycles. The molecule has 0 amide bonds. The Hall–Kier alpha value is -3.88. The van der Waals surface area contributed by atoms with Crippen molar-refractivity contribution in [2.24, 2.45) is 11.6 Å². The number of imidazole rings is 1. The number of hydrogen-bond acceptors (Lipinski definition) is 5. The van der Waals surface area contributed by atoms with Gasteiger partial charge in [0.2, 0.25) is 0 Å². The van der Waals surface area contributed by atoms with Crippen LogP contribution in [-0.4, -0.2) is 9.55 Å². The maximum absolute atomic E-state index is 14.0. The number of hydrazine groups is 1. The second-order valence-electron chi connectivity index (χ2n) is 8.30. The monoisotopic (exact) mass is 488 g/mol. The van der Waals surface area contributed by atoms with E-state index in [0.717, 1.165) is 22.3 Å². The normalized spacial score (nSPS) is 12.4. The molecule has 1 heterocycles. The summed E-state index contributed by atoms with van der Waals surface area (Å²) in [6.07, 6.45) is 1.94. The predicted octanol–water partition coefficient (Wildman–Crippen LogP) is 5.61. The van der Waals surface area contributed by atoms with Crippen molar-refractivity contribution in [2.75, 3.05) is 5.01 Å². The molecule has 1 aromatic heterocycles. The van der Waals surface area contributed by atoms with Crippen LogP contribution in [0, 0.1) is 13.8 Å². The van der Waals surface area contributed by atoms with Crippen LogP contribution >= 0.6 is 0 Å². The Balaban J connectivity index is 1.90. The Morgan fingerprint density at radius 2 is 1.80 bits per heavy atom. The van der Waals surface area contributed by atoms with Gasteiger partial charge >= 0.3 is 11.7 Å². The van der Waals surface area contributed by atoms with E-state index in [1.54, 1.807) is 12.3 Å². The molecule has 0 aliphatic rings. The van der Waals surface area contributed by atoms with Crippen LogP contribution in [-0.2, 0) is 15.9 Å². The first-order valence-electron chi connectivity index (χ1n) is 11.1. The van der Waals surface area contributed by atoms with E-state index < -0.39 is 6.17 Å². The molecule has 0 fully saturated rings. The quantitative estimate of drug-likeness (QED) is 0.200. The van der Waals surface area contributed by atoms with E-state index in [0.29, 0.717) is 45.2 Å². The SMILES string of the molecule is Cc1ccc(/C(=C/N)N(N)c2cc(-c3cccc([S+]=O)c3)ccc2-n2cc(C(C)F)nc2C)cc1. The zero-order valence-corrected chi connectivity index (χ0v) is 20.6. The Morgan fingerprint density at radius 1 is 1.09 bits per heavy atom. The summed E-state index contributed by atoms with van der Waals surface area (Å²) in [6.45, 7) is 5.29. The maximum Gasteiger partial charge on any atom is 0.505 e. The van der Waals surface area contributed by atoms with Crippen LogP contribution in [0.15, 0.2) is 84.0 Å². The summed E-state index contributed by atoms with van der Waals surface area (Å²) in [5.41, 5.74) is 12.1. The largest absolute Gasteiger partial charge is 0.505 e. The Kier molecular flexibility index (Phi) is 7.04. The molecule has 0 radical (unpaired) electrons. The Morgan fingerprint density at radius 3 is 2.43 bits per heavy atom. The van der Waals surface area contributed by atoms with Gasteiger partial charge in [-0.05, 0) is 44.0 Å². The van der Waals surface area contributed by atoms with E-state index >= 15 is 0 Å². The number of rotatable bonds is 7. The van der Waals surface area contributed by atoms with Crippen LogP contribution in [0.1, 0.15) is 35.7 Å². The van der Waals surface area contributed by atoms with E-state index in [2.05, 4.69) is 4.98 Å². The van der Waals surface area contributed by atoms with Gasteiger partial charge < -0.3 is 10.3 Å². The fraction of sp³-hybridized carbons (Fsp3) is 0.148. The minimum Gasteiger partial charge on any atom is -0.403 e. The topological polar surface area (TPSA) is 90.2 Å². The van der Waals surface area contributed by atoms with Gasteiger partial charge in [0.25, 0.3) is 4.90 Å². The van der Waals surface area contributed by atoms with E-state index in [9.17, 15) is 8.60 Å². The van der Waals surface area contributed by atoms with Gasteiger partial charge in [0.15, 0.2) is 0 Å².